The number of rotatable bonds is 0. The Hall–Kier alpha value is -2.29. The quantitative estimate of drug-likeness (QED) is 0.466. The molecule has 2 bridgehead atoms. The van der Waals surface area contributed by atoms with Gasteiger partial charge in [0, 0.05) is 23.7 Å². The lowest BCUT2D eigenvalue weighted by Crippen LogP contribution is -2.44. The molecule has 1 aliphatic carbocycles. The van der Waals surface area contributed by atoms with E-state index in [1.54, 1.807) is 18.2 Å². The van der Waals surface area contributed by atoms with E-state index >= 15 is 0 Å². The highest BCUT2D eigenvalue weighted by Crippen LogP contribution is 2.41. The van der Waals surface area contributed by atoms with E-state index in [1.807, 2.05) is 18.2 Å². The molecular formula is C29H37ClN2O5S. The smallest absolute Gasteiger partial charge is 0.264 e. The van der Waals surface area contributed by atoms with Gasteiger partial charge in [-0.3, -0.25) is 4.79 Å². The number of aliphatic hydroxyl groups is 1. The normalized spacial score (nSPS) is 26.4. The fourth-order valence-electron chi connectivity index (χ4n) is 5.98. The average Bonchev–Trinajstić information content (AvgIpc) is 2.88. The lowest BCUT2D eigenvalue weighted by Gasteiger charge is -2.43. The molecule has 0 radical (unpaired) electrons. The van der Waals surface area contributed by atoms with Crippen LogP contribution in [0.15, 0.2) is 36.4 Å². The van der Waals surface area contributed by atoms with Gasteiger partial charge in [0.15, 0.2) is 0 Å². The van der Waals surface area contributed by atoms with Crippen LogP contribution in [0.3, 0.4) is 0 Å². The first-order valence-electron chi connectivity index (χ1n) is 13.8. The van der Waals surface area contributed by atoms with Gasteiger partial charge < -0.3 is 14.7 Å². The summed E-state index contributed by atoms with van der Waals surface area (Å²) in [5.41, 5.74) is 3.35. The molecule has 5 rings (SSSR count). The van der Waals surface area contributed by atoms with Crippen molar-refractivity contribution in [2.75, 3.05) is 23.7 Å². The molecule has 2 heterocycles. The topological polar surface area (TPSA) is 95.9 Å². The number of carbonyl (C=O) groups excluding carboxylic acids is 1. The highest BCUT2D eigenvalue weighted by molar-refractivity contribution is 7.90. The van der Waals surface area contributed by atoms with Gasteiger partial charge >= 0.3 is 0 Å². The fraction of sp³-hybridized carbons (Fsp3) is 0.552. The Morgan fingerprint density at radius 2 is 1.84 bits per heavy atom. The molecule has 0 saturated heterocycles. The van der Waals surface area contributed by atoms with Crippen LogP contribution in [0.4, 0.5) is 5.69 Å². The third-order valence-electron chi connectivity index (χ3n) is 8.32. The van der Waals surface area contributed by atoms with E-state index in [0.29, 0.717) is 48.1 Å². The lowest BCUT2D eigenvalue weighted by atomic mass is 9.69. The van der Waals surface area contributed by atoms with Crippen LogP contribution in [0.2, 0.25) is 5.02 Å². The minimum Gasteiger partial charge on any atom is -0.487 e. The van der Waals surface area contributed by atoms with Crippen LogP contribution >= 0.6 is 11.6 Å². The summed E-state index contributed by atoms with van der Waals surface area (Å²) in [6.07, 6.45) is 7.15. The van der Waals surface area contributed by atoms with Crippen molar-refractivity contribution in [1.82, 2.24) is 4.72 Å². The molecule has 2 aliphatic heterocycles. The van der Waals surface area contributed by atoms with Crippen molar-refractivity contribution < 1.29 is 23.1 Å². The van der Waals surface area contributed by atoms with Crippen LogP contribution in [0.5, 0.6) is 5.75 Å². The number of benzene rings is 2. The first kappa shape index (κ1) is 27.3. The number of hydrogen-bond donors (Lipinski definition) is 2. The first-order chi connectivity index (χ1) is 18.3. The molecule has 1 fully saturated rings. The van der Waals surface area contributed by atoms with Gasteiger partial charge in [-0.1, -0.05) is 30.5 Å². The zero-order chi connectivity index (χ0) is 26.7. The van der Waals surface area contributed by atoms with Crippen LogP contribution in [0, 0.1) is 11.8 Å². The van der Waals surface area contributed by atoms with E-state index in [2.05, 4.69) is 9.62 Å². The summed E-state index contributed by atoms with van der Waals surface area (Å²) < 4.78 is 33.7. The Morgan fingerprint density at radius 1 is 0.974 bits per heavy atom. The van der Waals surface area contributed by atoms with Crippen molar-refractivity contribution in [3.8, 4) is 5.75 Å². The maximum atomic E-state index is 13.0. The van der Waals surface area contributed by atoms with Crippen LogP contribution in [-0.4, -0.2) is 44.4 Å². The number of ether oxygens (including phenoxy) is 1. The van der Waals surface area contributed by atoms with E-state index in [4.69, 9.17) is 16.3 Å². The second-order valence-corrected chi connectivity index (χ2v) is 13.2. The molecule has 3 aliphatic rings. The van der Waals surface area contributed by atoms with Gasteiger partial charge in [0.1, 0.15) is 12.4 Å². The summed E-state index contributed by atoms with van der Waals surface area (Å²) in [5, 5.41) is 11.6. The number of aryl methyl sites for hydroxylation is 1. The molecule has 1 saturated carbocycles. The van der Waals surface area contributed by atoms with E-state index < -0.39 is 15.9 Å². The fourth-order valence-corrected chi connectivity index (χ4v) is 7.26. The van der Waals surface area contributed by atoms with Crippen molar-refractivity contribution in [3.05, 3.63) is 58.1 Å². The Kier molecular flexibility index (Phi) is 8.50. The van der Waals surface area contributed by atoms with Crippen molar-refractivity contribution in [2.24, 2.45) is 11.8 Å². The van der Waals surface area contributed by atoms with Crippen LogP contribution < -0.4 is 14.4 Å². The van der Waals surface area contributed by atoms with E-state index in [1.165, 1.54) is 5.56 Å². The minimum absolute atomic E-state index is 0.107. The molecule has 0 unspecified atom stereocenters. The summed E-state index contributed by atoms with van der Waals surface area (Å²) in [4.78, 5) is 15.3. The summed E-state index contributed by atoms with van der Waals surface area (Å²) in [6.45, 7) is 1.91. The van der Waals surface area contributed by atoms with Gasteiger partial charge in [-0.2, -0.15) is 0 Å². The first-order valence-corrected chi connectivity index (χ1v) is 15.8. The molecule has 2 N–H and O–H groups in total. The number of anilines is 1. The summed E-state index contributed by atoms with van der Waals surface area (Å²) in [7, 11) is -3.75. The van der Waals surface area contributed by atoms with E-state index in [0.717, 1.165) is 62.9 Å². The Balaban J connectivity index is 1.51. The van der Waals surface area contributed by atoms with Crippen molar-refractivity contribution in [1.29, 1.82) is 0 Å². The predicted octanol–water partition coefficient (Wildman–Crippen LogP) is 5.08. The largest absolute Gasteiger partial charge is 0.487 e. The highest BCUT2D eigenvalue weighted by Gasteiger charge is 2.37. The molecule has 3 atom stereocenters. The number of nitrogens with zero attached hydrogens (tertiary/aromatic N) is 1. The standard InChI is InChI=1S/C29H37ClN2O5S/c30-24-11-8-23-19-37-28-13-10-21-17-26(28)32(14-4-3-6-20(23)16-24)18-22-9-12-25(22)27(33)7-2-1-5-15-38(35,36)31-29(21)34/h8,10-11,13,16-17,22,25,27,33H,1-7,9,12,14-15,18-19H2,(H,31,34)/t22-,25+,27+/m0/s1. The Bertz CT molecular complexity index is 1270. The maximum absolute atomic E-state index is 13.0. The summed E-state index contributed by atoms with van der Waals surface area (Å²) >= 11 is 6.28. The van der Waals surface area contributed by atoms with Gasteiger partial charge in [0.25, 0.3) is 5.91 Å². The van der Waals surface area contributed by atoms with Crippen LogP contribution in [-0.2, 0) is 23.1 Å². The molecular weight excluding hydrogens is 524 g/mol. The molecule has 0 spiro atoms. The monoisotopic (exact) mass is 560 g/mol. The van der Waals surface area contributed by atoms with Crippen molar-refractivity contribution in [2.45, 2.75) is 70.5 Å². The Labute approximate surface area is 230 Å². The van der Waals surface area contributed by atoms with Gasteiger partial charge in [0.2, 0.25) is 10.0 Å². The van der Waals surface area contributed by atoms with Crippen LogP contribution in [0.25, 0.3) is 0 Å². The number of halogens is 1. The number of hydrogen-bond acceptors (Lipinski definition) is 6. The maximum Gasteiger partial charge on any atom is 0.264 e. The van der Waals surface area contributed by atoms with Crippen molar-refractivity contribution in [3.63, 3.8) is 0 Å². The average molecular weight is 561 g/mol. The molecule has 38 heavy (non-hydrogen) atoms. The summed E-state index contributed by atoms with van der Waals surface area (Å²) in [5.74, 6) is 0.539. The number of sulfonamides is 1. The minimum atomic E-state index is -3.75. The Morgan fingerprint density at radius 3 is 2.66 bits per heavy atom. The molecule has 0 aromatic heterocycles. The highest BCUT2D eigenvalue weighted by atomic mass is 35.5. The molecule has 1 amide bonds. The zero-order valence-electron chi connectivity index (χ0n) is 21.7. The molecule has 9 heteroatoms. The van der Waals surface area contributed by atoms with Crippen LogP contribution in [0.1, 0.15) is 72.9 Å². The van der Waals surface area contributed by atoms with Gasteiger partial charge in [0.05, 0.1) is 17.5 Å². The second-order valence-electron chi connectivity index (χ2n) is 11.0. The molecule has 206 valence electrons. The molecule has 2 aromatic carbocycles. The van der Waals surface area contributed by atoms with Gasteiger partial charge in [-0.05, 0) is 98.2 Å². The predicted molar refractivity (Wildman–Crippen MR) is 149 cm³/mol. The SMILES string of the molecule is O=C1NS(=O)(=O)CCCCC[C@@H](O)[C@@H]2CC[C@H]2CN2CCCCc3cc(Cl)ccc3COc3ccc1cc32. The lowest BCUT2D eigenvalue weighted by molar-refractivity contribution is 0.00941. The molecule has 2 aromatic rings. The number of nitrogens with one attached hydrogen (secondary N) is 1. The van der Waals surface area contributed by atoms with Gasteiger partial charge in [-0.25, -0.2) is 13.1 Å². The van der Waals surface area contributed by atoms with E-state index in [9.17, 15) is 18.3 Å². The number of amides is 1. The third-order valence-corrected chi connectivity index (χ3v) is 9.88. The third kappa shape index (κ3) is 6.46. The van der Waals surface area contributed by atoms with Gasteiger partial charge in [-0.15, -0.1) is 0 Å². The number of fused-ring (bicyclic) bond motifs is 3. The zero-order valence-corrected chi connectivity index (χ0v) is 23.3. The second kappa shape index (κ2) is 11.8. The molecule has 7 nitrogen and oxygen atoms in total. The number of aliphatic hydroxyl groups excluding tert-OH is 1. The van der Waals surface area contributed by atoms with E-state index in [-0.39, 0.29) is 17.8 Å². The number of carbonyl (C=O) groups is 1. The summed E-state index contributed by atoms with van der Waals surface area (Å²) in [6, 6.07) is 11.1. The van der Waals surface area contributed by atoms with Crippen molar-refractivity contribution >= 4 is 33.2 Å².